The van der Waals surface area contributed by atoms with Gasteiger partial charge in [0.05, 0.1) is 5.69 Å². The molecule has 0 unspecified atom stereocenters. The molecule has 1 N–H and O–H groups in total. The van der Waals surface area contributed by atoms with Crippen molar-refractivity contribution in [2.75, 3.05) is 11.6 Å². The lowest BCUT2D eigenvalue weighted by Crippen LogP contribution is -2.49. The zero-order valence-corrected chi connectivity index (χ0v) is 11.5. The summed E-state index contributed by atoms with van der Waals surface area (Å²) in [6.07, 6.45) is 0.455. The first-order valence-electron chi connectivity index (χ1n) is 5.92. The van der Waals surface area contributed by atoms with Gasteiger partial charge in [-0.05, 0) is 44.9 Å². The van der Waals surface area contributed by atoms with E-state index in [0.717, 1.165) is 17.7 Å². The molecular formula is C13H17ClN2O2. The summed E-state index contributed by atoms with van der Waals surface area (Å²) in [5.41, 5.74) is 4.36. The van der Waals surface area contributed by atoms with Gasteiger partial charge >= 0.3 is 6.09 Å². The van der Waals surface area contributed by atoms with Crippen molar-refractivity contribution >= 4 is 23.4 Å². The van der Waals surface area contributed by atoms with Crippen molar-refractivity contribution in [2.45, 2.75) is 32.8 Å². The van der Waals surface area contributed by atoms with E-state index in [2.05, 4.69) is 5.43 Å². The second-order valence-electron chi connectivity index (χ2n) is 5.25. The second kappa shape index (κ2) is 4.78. The normalized spacial score (nSPS) is 15.2. The van der Waals surface area contributed by atoms with Crippen LogP contribution in [0.1, 0.15) is 26.3 Å². The molecule has 1 aliphatic heterocycles. The molecule has 1 aliphatic rings. The summed E-state index contributed by atoms with van der Waals surface area (Å²) in [7, 11) is 0. The van der Waals surface area contributed by atoms with Crippen LogP contribution in [0.25, 0.3) is 0 Å². The number of hydrazine groups is 1. The highest BCUT2D eigenvalue weighted by Crippen LogP contribution is 2.28. The number of rotatable bonds is 0. The van der Waals surface area contributed by atoms with E-state index < -0.39 is 11.7 Å². The Morgan fingerprint density at radius 1 is 1.44 bits per heavy atom. The molecule has 2 rings (SSSR count). The van der Waals surface area contributed by atoms with Gasteiger partial charge in [0, 0.05) is 11.6 Å². The Hall–Kier alpha value is -1.26. The van der Waals surface area contributed by atoms with Gasteiger partial charge in [-0.1, -0.05) is 17.7 Å². The smallest absolute Gasteiger partial charge is 0.429 e. The number of halogens is 1. The molecule has 0 aliphatic carbocycles. The summed E-state index contributed by atoms with van der Waals surface area (Å²) in [5, 5.41) is 2.03. The number of fused-ring (bicyclic) bond motifs is 1. The summed E-state index contributed by atoms with van der Waals surface area (Å²) < 4.78 is 5.36. The van der Waals surface area contributed by atoms with Crippen molar-refractivity contribution in [1.82, 2.24) is 5.43 Å². The van der Waals surface area contributed by atoms with E-state index in [4.69, 9.17) is 16.3 Å². The maximum absolute atomic E-state index is 12.1. The molecule has 5 heteroatoms. The molecule has 0 radical (unpaired) electrons. The predicted molar refractivity (Wildman–Crippen MR) is 71.9 cm³/mol. The Kier molecular flexibility index (Phi) is 3.50. The zero-order chi connectivity index (χ0) is 13.3. The van der Waals surface area contributed by atoms with Crippen LogP contribution < -0.4 is 10.4 Å². The highest BCUT2D eigenvalue weighted by Gasteiger charge is 2.27. The van der Waals surface area contributed by atoms with Gasteiger partial charge in [-0.15, -0.1) is 0 Å². The van der Waals surface area contributed by atoms with Crippen LogP contribution in [0.5, 0.6) is 0 Å². The molecule has 0 spiro atoms. The summed E-state index contributed by atoms with van der Waals surface area (Å²) in [6, 6.07) is 5.54. The minimum absolute atomic E-state index is 0.411. The number of hydrogen-bond acceptors (Lipinski definition) is 3. The van der Waals surface area contributed by atoms with Crippen LogP contribution in [0.4, 0.5) is 10.5 Å². The third-order valence-corrected chi connectivity index (χ3v) is 2.76. The Balaban J connectivity index is 2.27. The molecule has 98 valence electrons. The fourth-order valence-electron chi connectivity index (χ4n) is 1.81. The maximum atomic E-state index is 12.1. The molecule has 4 nitrogen and oxygen atoms in total. The van der Waals surface area contributed by atoms with E-state index in [0.29, 0.717) is 11.6 Å². The van der Waals surface area contributed by atoms with Gasteiger partial charge in [-0.25, -0.2) is 15.2 Å². The summed E-state index contributed by atoms with van der Waals surface area (Å²) >= 11 is 5.97. The van der Waals surface area contributed by atoms with Crippen LogP contribution in [0, 0.1) is 0 Å². The number of carbonyl (C=O) groups is 1. The molecule has 18 heavy (non-hydrogen) atoms. The monoisotopic (exact) mass is 268 g/mol. The summed E-state index contributed by atoms with van der Waals surface area (Å²) in [4.78, 5) is 12.1. The molecular weight excluding hydrogens is 252 g/mol. The number of nitrogens with zero attached hydrogens (tertiary/aromatic N) is 1. The third-order valence-electron chi connectivity index (χ3n) is 2.53. The molecule has 0 saturated heterocycles. The van der Waals surface area contributed by atoms with Crippen molar-refractivity contribution in [3.63, 3.8) is 0 Å². The lowest BCUT2D eigenvalue weighted by Gasteiger charge is -2.32. The van der Waals surface area contributed by atoms with Crippen LogP contribution in [-0.2, 0) is 11.2 Å². The lowest BCUT2D eigenvalue weighted by atomic mass is 10.1. The van der Waals surface area contributed by atoms with Crippen LogP contribution in [0.3, 0.4) is 0 Å². The summed E-state index contributed by atoms with van der Waals surface area (Å²) in [6.45, 7) is 6.23. The number of anilines is 1. The number of ether oxygens (including phenoxy) is 1. The minimum Gasteiger partial charge on any atom is -0.442 e. The molecule has 0 aromatic heterocycles. The van der Waals surface area contributed by atoms with E-state index >= 15 is 0 Å². The molecule has 0 saturated carbocycles. The first-order valence-corrected chi connectivity index (χ1v) is 6.30. The van der Waals surface area contributed by atoms with Gasteiger partial charge in [0.2, 0.25) is 0 Å². The van der Waals surface area contributed by atoms with E-state index in [1.807, 2.05) is 32.9 Å². The van der Waals surface area contributed by atoms with E-state index in [9.17, 15) is 4.79 Å². The van der Waals surface area contributed by atoms with Gasteiger partial charge in [-0.3, -0.25) is 0 Å². The number of amides is 1. The predicted octanol–water partition coefficient (Wildman–Crippen LogP) is 3.14. The van der Waals surface area contributed by atoms with Crippen LogP contribution in [-0.4, -0.2) is 18.2 Å². The van der Waals surface area contributed by atoms with Gasteiger partial charge in [-0.2, -0.15) is 0 Å². The highest BCUT2D eigenvalue weighted by molar-refractivity contribution is 6.31. The average Bonchev–Trinajstić information content (AvgIpc) is 2.25. The number of carbonyl (C=O) groups excluding carboxylic acids is 1. The Morgan fingerprint density at radius 2 is 2.17 bits per heavy atom. The van der Waals surface area contributed by atoms with Crippen molar-refractivity contribution in [2.24, 2.45) is 0 Å². The van der Waals surface area contributed by atoms with E-state index in [-0.39, 0.29) is 0 Å². The minimum atomic E-state index is -0.519. The zero-order valence-electron chi connectivity index (χ0n) is 10.8. The molecule has 0 atom stereocenters. The standard InChI is InChI=1S/C13H17ClN2O2/c1-13(2,3)18-12(17)16-11-8-10(14)5-4-9(11)6-7-15-16/h4-5,8,15H,6-7H2,1-3H3. The largest absolute Gasteiger partial charge is 0.442 e. The topological polar surface area (TPSA) is 41.6 Å². The number of benzene rings is 1. The lowest BCUT2D eigenvalue weighted by molar-refractivity contribution is 0.0559. The van der Waals surface area contributed by atoms with Crippen molar-refractivity contribution in [1.29, 1.82) is 0 Å². The van der Waals surface area contributed by atoms with Crippen LogP contribution in [0.2, 0.25) is 5.02 Å². The molecule has 0 fully saturated rings. The third kappa shape index (κ3) is 2.94. The summed E-state index contributed by atoms with van der Waals surface area (Å²) in [5.74, 6) is 0. The molecule has 1 heterocycles. The Morgan fingerprint density at radius 3 is 2.83 bits per heavy atom. The van der Waals surface area contributed by atoms with Crippen molar-refractivity contribution in [3.05, 3.63) is 28.8 Å². The van der Waals surface area contributed by atoms with Gasteiger partial charge in [0.1, 0.15) is 5.60 Å². The second-order valence-corrected chi connectivity index (χ2v) is 5.68. The number of hydrogen-bond donors (Lipinski definition) is 1. The first-order chi connectivity index (χ1) is 8.37. The Labute approximate surface area is 112 Å². The Bertz CT molecular complexity index is 469. The highest BCUT2D eigenvalue weighted by atomic mass is 35.5. The van der Waals surface area contributed by atoms with Crippen LogP contribution in [0.15, 0.2) is 18.2 Å². The fraction of sp³-hybridized carbons (Fsp3) is 0.462. The SMILES string of the molecule is CC(C)(C)OC(=O)N1NCCc2ccc(Cl)cc21. The molecule has 1 aromatic carbocycles. The van der Waals surface area contributed by atoms with Gasteiger partial charge in [0.25, 0.3) is 0 Å². The average molecular weight is 269 g/mol. The first kappa shape index (κ1) is 13.2. The quantitative estimate of drug-likeness (QED) is 0.786. The van der Waals surface area contributed by atoms with E-state index in [1.165, 1.54) is 5.01 Å². The molecule has 1 aromatic rings. The molecule has 0 bridgehead atoms. The van der Waals surface area contributed by atoms with Gasteiger partial charge in [0.15, 0.2) is 0 Å². The number of nitrogens with one attached hydrogen (secondary N) is 1. The van der Waals surface area contributed by atoms with Crippen molar-refractivity contribution < 1.29 is 9.53 Å². The van der Waals surface area contributed by atoms with E-state index in [1.54, 1.807) is 6.07 Å². The maximum Gasteiger partial charge on any atom is 0.429 e. The fourth-order valence-corrected chi connectivity index (χ4v) is 1.98. The van der Waals surface area contributed by atoms with Crippen LogP contribution >= 0.6 is 11.6 Å². The van der Waals surface area contributed by atoms with Gasteiger partial charge < -0.3 is 4.74 Å². The van der Waals surface area contributed by atoms with Crippen molar-refractivity contribution in [3.8, 4) is 0 Å². The molecule has 1 amide bonds.